The molecular weight excluding hydrogens is 540 g/mol. The highest BCUT2D eigenvalue weighted by molar-refractivity contribution is 5.33. The first kappa shape index (κ1) is 31.4. The van der Waals surface area contributed by atoms with Gasteiger partial charge in [-0.15, -0.1) is 0 Å². The van der Waals surface area contributed by atoms with Gasteiger partial charge >= 0.3 is 12.5 Å². The molecule has 228 valence electrons. The molecule has 0 atom stereocenters. The van der Waals surface area contributed by atoms with E-state index in [9.17, 15) is 26.3 Å². The molecule has 3 saturated carbocycles. The molecule has 0 amide bonds. The molecule has 3 aliphatic rings. The molecule has 40 heavy (non-hydrogen) atoms. The van der Waals surface area contributed by atoms with Crippen LogP contribution in [0.1, 0.15) is 115 Å². The fourth-order valence-corrected chi connectivity index (χ4v) is 7.71. The Morgan fingerprint density at radius 3 is 1.75 bits per heavy atom. The zero-order valence-corrected chi connectivity index (χ0v) is 23.2. The minimum Gasteiger partial charge on any atom is -0.422 e. The van der Waals surface area contributed by atoms with E-state index in [4.69, 9.17) is 0 Å². The topological polar surface area (TPSA) is 9.23 Å². The number of halogens is 8. The summed E-state index contributed by atoms with van der Waals surface area (Å²) in [6.07, 6.45) is 2.83. The third-order valence-corrected chi connectivity index (χ3v) is 10.0. The van der Waals surface area contributed by atoms with Crippen LogP contribution in [0, 0.1) is 41.2 Å². The van der Waals surface area contributed by atoms with Gasteiger partial charge in [0.1, 0.15) is 0 Å². The minimum atomic E-state index is -5.03. The molecule has 3 aliphatic carbocycles. The lowest BCUT2D eigenvalue weighted by Gasteiger charge is -2.40. The molecule has 0 heterocycles. The maximum absolute atomic E-state index is 15.3. The summed E-state index contributed by atoms with van der Waals surface area (Å²) in [5, 5.41) is 0. The first-order valence-electron chi connectivity index (χ1n) is 15.1. The molecule has 9 heteroatoms. The van der Waals surface area contributed by atoms with E-state index in [2.05, 4.69) is 11.7 Å². The summed E-state index contributed by atoms with van der Waals surface area (Å²) in [6.45, 7) is 2.23. The van der Waals surface area contributed by atoms with Crippen molar-refractivity contribution in [3.8, 4) is 5.75 Å². The second kappa shape index (κ2) is 13.2. The molecule has 0 N–H and O–H groups in total. The zero-order chi connectivity index (χ0) is 29.1. The Morgan fingerprint density at radius 2 is 1.25 bits per heavy atom. The maximum atomic E-state index is 15.3. The summed E-state index contributed by atoms with van der Waals surface area (Å²) in [6, 6.07) is 1.63. The lowest BCUT2D eigenvalue weighted by molar-refractivity contribution is -0.255. The third kappa shape index (κ3) is 7.64. The van der Waals surface area contributed by atoms with Gasteiger partial charge in [-0.2, -0.15) is 17.6 Å². The van der Waals surface area contributed by atoms with Crippen LogP contribution in [0.3, 0.4) is 0 Å². The second-order valence-corrected chi connectivity index (χ2v) is 12.6. The number of rotatable bonds is 10. The smallest absolute Gasteiger partial charge is 0.422 e. The highest BCUT2D eigenvalue weighted by Gasteiger charge is 2.46. The van der Waals surface area contributed by atoms with Crippen molar-refractivity contribution in [1.82, 2.24) is 0 Å². The Morgan fingerprint density at radius 1 is 0.750 bits per heavy atom. The number of ether oxygens (including phenoxy) is 1. The van der Waals surface area contributed by atoms with E-state index in [1.54, 1.807) is 0 Å². The van der Waals surface area contributed by atoms with Gasteiger partial charge in [0, 0.05) is 12.3 Å². The highest BCUT2D eigenvalue weighted by Crippen LogP contribution is 2.49. The largest absolute Gasteiger partial charge is 0.461 e. The fraction of sp³-hybridized carbons (Fsp3) is 0.806. The molecule has 0 aromatic heterocycles. The molecule has 0 spiro atoms. The second-order valence-electron chi connectivity index (χ2n) is 12.6. The van der Waals surface area contributed by atoms with E-state index in [0.29, 0.717) is 50.4 Å². The fourth-order valence-electron chi connectivity index (χ4n) is 7.71. The van der Waals surface area contributed by atoms with Gasteiger partial charge < -0.3 is 4.74 Å². The lowest BCUT2D eigenvalue weighted by atomic mass is 9.67. The highest BCUT2D eigenvalue weighted by atomic mass is 19.3. The summed E-state index contributed by atoms with van der Waals surface area (Å²) in [5.74, 6) is -6.30. The minimum absolute atomic E-state index is 0.185. The molecule has 1 aromatic carbocycles. The molecule has 0 saturated heterocycles. The molecule has 1 nitrogen and oxygen atoms in total. The lowest BCUT2D eigenvalue weighted by Crippen LogP contribution is -2.36. The Bertz CT molecular complexity index is 920. The number of benzene rings is 1. The predicted octanol–water partition coefficient (Wildman–Crippen LogP) is 10.9. The SMILES string of the molecule is CCCC1CCC(C2CCC(C(F)(F)CC3CCC(c4cc(F)c(OC(F)(F)C(F)F)c(F)c4)CC3)CC2)CC1. The van der Waals surface area contributed by atoms with Gasteiger partial charge in [0.2, 0.25) is 0 Å². The molecular formula is C31H42F8O. The number of alkyl halides is 6. The van der Waals surface area contributed by atoms with Crippen molar-refractivity contribution in [1.29, 1.82) is 0 Å². The van der Waals surface area contributed by atoms with Crippen molar-refractivity contribution in [2.75, 3.05) is 0 Å². The van der Waals surface area contributed by atoms with E-state index in [1.807, 2.05) is 0 Å². The number of hydrogen-bond acceptors (Lipinski definition) is 1. The van der Waals surface area contributed by atoms with E-state index < -0.39 is 41.8 Å². The molecule has 1 aromatic rings. The van der Waals surface area contributed by atoms with Crippen molar-refractivity contribution in [2.24, 2.45) is 29.6 Å². The van der Waals surface area contributed by atoms with E-state index in [1.165, 1.54) is 38.5 Å². The van der Waals surface area contributed by atoms with Gasteiger partial charge in [-0.3, -0.25) is 0 Å². The molecule has 3 fully saturated rings. The van der Waals surface area contributed by atoms with Crippen LogP contribution in [0.5, 0.6) is 5.75 Å². The standard InChI is InChI=1S/C31H42F8O/c1-2-3-19-4-8-21(9-5-19)22-12-14-25(15-13-22)30(36,37)18-20-6-10-23(11-7-20)24-16-26(32)28(27(33)17-24)40-31(38,39)29(34)35/h16-17,19-23,25,29H,2-15,18H2,1H3. The summed E-state index contributed by atoms with van der Waals surface area (Å²) < 4.78 is 114. The van der Waals surface area contributed by atoms with Crippen LogP contribution < -0.4 is 4.74 Å². The quantitative estimate of drug-likeness (QED) is 0.249. The van der Waals surface area contributed by atoms with Crippen LogP contribution in [-0.4, -0.2) is 18.5 Å². The van der Waals surface area contributed by atoms with E-state index >= 15 is 8.78 Å². The van der Waals surface area contributed by atoms with E-state index in [-0.39, 0.29) is 23.8 Å². The molecule has 4 rings (SSSR count). The Hall–Kier alpha value is -1.54. The van der Waals surface area contributed by atoms with Crippen LogP contribution in [0.4, 0.5) is 35.1 Å². The van der Waals surface area contributed by atoms with Gasteiger partial charge in [-0.25, -0.2) is 17.6 Å². The van der Waals surface area contributed by atoms with Crippen molar-refractivity contribution < 1.29 is 39.9 Å². The maximum Gasteiger partial charge on any atom is 0.461 e. The zero-order valence-electron chi connectivity index (χ0n) is 23.2. The van der Waals surface area contributed by atoms with Gasteiger partial charge in [-0.05, 0) is 111 Å². The average molecular weight is 583 g/mol. The van der Waals surface area contributed by atoms with Gasteiger partial charge in [0.05, 0.1) is 0 Å². The number of hydrogen-bond donors (Lipinski definition) is 0. The average Bonchev–Trinajstić information content (AvgIpc) is 2.91. The van der Waals surface area contributed by atoms with E-state index in [0.717, 1.165) is 30.9 Å². The summed E-state index contributed by atoms with van der Waals surface area (Å²) >= 11 is 0. The predicted molar refractivity (Wildman–Crippen MR) is 138 cm³/mol. The van der Waals surface area contributed by atoms with Gasteiger partial charge in [0.15, 0.2) is 17.4 Å². The van der Waals surface area contributed by atoms with Crippen molar-refractivity contribution in [2.45, 2.75) is 128 Å². The Kier molecular flexibility index (Phi) is 10.3. The van der Waals surface area contributed by atoms with Crippen LogP contribution in [0.25, 0.3) is 0 Å². The Balaban J connectivity index is 1.24. The van der Waals surface area contributed by atoms with Crippen molar-refractivity contribution in [3.05, 3.63) is 29.3 Å². The van der Waals surface area contributed by atoms with Gasteiger partial charge in [-0.1, -0.05) is 32.6 Å². The Labute approximate surface area is 232 Å². The summed E-state index contributed by atoms with van der Waals surface area (Å²) in [4.78, 5) is 0. The van der Waals surface area contributed by atoms with Crippen LogP contribution >= 0.6 is 0 Å². The molecule has 0 unspecified atom stereocenters. The third-order valence-electron chi connectivity index (χ3n) is 10.0. The van der Waals surface area contributed by atoms with Crippen molar-refractivity contribution >= 4 is 0 Å². The first-order chi connectivity index (χ1) is 18.9. The summed E-state index contributed by atoms with van der Waals surface area (Å²) in [7, 11) is 0. The van der Waals surface area contributed by atoms with Crippen LogP contribution in [-0.2, 0) is 0 Å². The van der Waals surface area contributed by atoms with Crippen LogP contribution in [0.2, 0.25) is 0 Å². The molecule has 0 radical (unpaired) electrons. The van der Waals surface area contributed by atoms with Gasteiger partial charge in [0.25, 0.3) is 5.92 Å². The van der Waals surface area contributed by atoms with Crippen molar-refractivity contribution in [3.63, 3.8) is 0 Å². The van der Waals surface area contributed by atoms with Crippen LogP contribution in [0.15, 0.2) is 12.1 Å². The normalized spacial score (nSPS) is 30.4. The summed E-state index contributed by atoms with van der Waals surface area (Å²) in [5.41, 5.74) is 0.190. The first-order valence-corrected chi connectivity index (χ1v) is 15.1. The monoisotopic (exact) mass is 582 g/mol. The molecule has 0 aliphatic heterocycles. The molecule has 0 bridgehead atoms.